The molecular formula is C12H15BrO2. The molecule has 0 saturated heterocycles. The van der Waals surface area contributed by atoms with Gasteiger partial charge >= 0.3 is 0 Å². The molecule has 0 spiro atoms. The van der Waals surface area contributed by atoms with Crippen molar-refractivity contribution in [3.63, 3.8) is 0 Å². The molecule has 0 radical (unpaired) electrons. The highest BCUT2D eigenvalue weighted by molar-refractivity contribution is 9.10. The minimum absolute atomic E-state index is 0.624. The highest BCUT2D eigenvalue weighted by atomic mass is 79.9. The summed E-state index contributed by atoms with van der Waals surface area (Å²) >= 11 is 3.42. The Labute approximate surface area is 99.0 Å². The smallest absolute Gasteiger partial charge is 0.134 e. The largest absolute Gasteiger partial charge is 0.494 e. The van der Waals surface area contributed by atoms with E-state index >= 15 is 0 Å². The standard InChI is InChI=1S/C12H15BrO2/c1-4-14-9(3)10-6-7-11(13)12(8-10)15-5-2/h6-8H,3-5H2,1-2H3. The maximum atomic E-state index is 5.46. The molecule has 3 heteroatoms. The highest BCUT2D eigenvalue weighted by Crippen LogP contribution is 2.28. The summed E-state index contributed by atoms with van der Waals surface area (Å²) in [5, 5.41) is 0. The van der Waals surface area contributed by atoms with Crippen LogP contribution in [-0.4, -0.2) is 13.2 Å². The molecule has 0 heterocycles. The van der Waals surface area contributed by atoms with Gasteiger partial charge in [-0.1, -0.05) is 6.58 Å². The van der Waals surface area contributed by atoms with Crippen LogP contribution in [0, 0.1) is 0 Å². The van der Waals surface area contributed by atoms with Gasteiger partial charge in [0.1, 0.15) is 11.5 Å². The van der Waals surface area contributed by atoms with Gasteiger partial charge in [-0.2, -0.15) is 0 Å². The molecule has 0 N–H and O–H groups in total. The Bertz CT molecular complexity index is 347. The topological polar surface area (TPSA) is 18.5 Å². The van der Waals surface area contributed by atoms with Crippen molar-refractivity contribution < 1.29 is 9.47 Å². The Morgan fingerprint density at radius 2 is 2.07 bits per heavy atom. The van der Waals surface area contributed by atoms with E-state index in [2.05, 4.69) is 22.5 Å². The quantitative estimate of drug-likeness (QED) is 0.757. The van der Waals surface area contributed by atoms with Crippen LogP contribution in [0.25, 0.3) is 5.76 Å². The number of hydrogen-bond donors (Lipinski definition) is 0. The second-order valence-corrected chi connectivity index (χ2v) is 3.79. The van der Waals surface area contributed by atoms with Crippen LogP contribution in [0.5, 0.6) is 5.75 Å². The summed E-state index contributed by atoms with van der Waals surface area (Å²) in [5.41, 5.74) is 0.948. The van der Waals surface area contributed by atoms with Crippen molar-refractivity contribution in [3.05, 3.63) is 34.8 Å². The summed E-state index contributed by atoms with van der Waals surface area (Å²) in [5.74, 6) is 1.49. The van der Waals surface area contributed by atoms with Gasteiger partial charge in [-0.05, 0) is 48.0 Å². The first-order valence-electron chi connectivity index (χ1n) is 4.93. The Hall–Kier alpha value is -0.960. The third-order valence-electron chi connectivity index (χ3n) is 1.87. The molecule has 0 aliphatic carbocycles. The molecule has 0 amide bonds. The van der Waals surface area contributed by atoms with E-state index in [-0.39, 0.29) is 0 Å². The average molecular weight is 271 g/mol. The van der Waals surface area contributed by atoms with Gasteiger partial charge in [-0.15, -0.1) is 0 Å². The van der Waals surface area contributed by atoms with Gasteiger partial charge in [0.05, 0.1) is 17.7 Å². The molecule has 1 aromatic rings. The Morgan fingerprint density at radius 3 is 2.67 bits per heavy atom. The van der Waals surface area contributed by atoms with Crippen LogP contribution in [0.15, 0.2) is 29.3 Å². The zero-order valence-corrected chi connectivity index (χ0v) is 10.6. The Morgan fingerprint density at radius 1 is 1.33 bits per heavy atom. The van der Waals surface area contributed by atoms with E-state index in [9.17, 15) is 0 Å². The first-order valence-corrected chi connectivity index (χ1v) is 5.72. The second-order valence-electron chi connectivity index (χ2n) is 2.93. The molecule has 0 unspecified atom stereocenters. The van der Waals surface area contributed by atoms with Gasteiger partial charge in [0.2, 0.25) is 0 Å². The molecule has 0 atom stereocenters. The van der Waals surface area contributed by atoms with Crippen LogP contribution in [-0.2, 0) is 4.74 Å². The molecule has 1 rings (SSSR count). The molecule has 0 saturated carbocycles. The zero-order chi connectivity index (χ0) is 11.3. The molecule has 0 aliphatic heterocycles. The fourth-order valence-electron chi connectivity index (χ4n) is 1.20. The van der Waals surface area contributed by atoms with Gasteiger partial charge in [0.25, 0.3) is 0 Å². The molecule has 0 aliphatic rings. The lowest BCUT2D eigenvalue weighted by molar-refractivity contribution is 0.298. The fraction of sp³-hybridized carbons (Fsp3) is 0.333. The minimum Gasteiger partial charge on any atom is -0.494 e. The summed E-state index contributed by atoms with van der Waals surface area (Å²) in [7, 11) is 0. The number of halogens is 1. The first-order chi connectivity index (χ1) is 7.19. The van der Waals surface area contributed by atoms with Crippen molar-refractivity contribution in [1.29, 1.82) is 0 Å². The van der Waals surface area contributed by atoms with Crippen molar-refractivity contribution in [3.8, 4) is 5.75 Å². The minimum atomic E-state index is 0.624. The van der Waals surface area contributed by atoms with E-state index < -0.39 is 0 Å². The normalized spacial score (nSPS) is 9.80. The molecule has 82 valence electrons. The maximum absolute atomic E-state index is 5.46. The number of rotatable bonds is 5. The number of hydrogen-bond acceptors (Lipinski definition) is 2. The van der Waals surface area contributed by atoms with Crippen LogP contribution in [0.4, 0.5) is 0 Å². The Balaban J connectivity index is 2.91. The fourth-order valence-corrected chi connectivity index (χ4v) is 1.56. The Kier molecular flexibility index (Phi) is 4.69. The average Bonchev–Trinajstić information content (AvgIpc) is 2.22. The van der Waals surface area contributed by atoms with E-state index in [0.717, 1.165) is 15.8 Å². The third-order valence-corrected chi connectivity index (χ3v) is 2.53. The van der Waals surface area contributed by atoms with Gasteiger partial charge in [-0.3, -0.25) is 0 Å². The van der Waals surface area contributed by atoms with Crippen molar-refractivity contribution in [2.24, 2.45) is 0 Å². The van der Waals surface area contributed by atoms with E-state index in [1.165, 1.54) is 0 Å². The molecule has 0 bridgehead atoms. The molecule has 2 nitrogen and oxygen atoms in total. The zero-order valence-electron chi connectivity index (χ0n) is 9.05. The highest BCUT2D eigenvalue weighted by Gasteiger charge is 2.05. The lowest BCUT2D eigenvalue weighted by Crippen LogP contribution is -1.95. The van der Waals surface area contributed by atoms with Crippen LogP contribution < -0.4 is 4.74 Å². The van der Waals surface area contributed by atoms with E-state index in [0.29, 0.717) is 19.0 Å². The number of benzene rings is 1. The van der Waals surface area contributed by atoms with Crippen LogP contribution >= 0.6 is 15.9 Å². The van der Waals surface area contributed by atoms with E-state index in [1.807, 2.05) is 32.0 Å². The molecule has 15 heavy (non-hydrogen) atoms. The summed E-state index contributed by atoms with van der Waals surface area (Å²) in [4.78, 5) is 0. The SMILES string of the molecule is C=C(OCC)c1ccc(Br)c(OCC)c1. The van der Waals surface area contributed by atoms with E-state index in [1.54, 1.807) is 0 Å². The lowest BCUT2D eigenvalue weighted by Gasteiger charge is -2.10. The predicted molar refractivity (Wildman–Crippen MR) is 66.0 cm³/mol. The molecule has 0 aromatic heterocycles. The van der Waals surface area contributed by atoms with Crippen LogP contribution in [0.3, 0.4) is 0 Å². The van der Waals surface area contributed by atoms with Crippen molar-refractivity contribution in [2.45, 2.75) is 13.8 Å². The monoisotopic (exact) mass is 270 g/mol. The van der Waals surface area contributed by atoms with E-state index in [4.69, 9.17) is 9.47 Å². The summed E-state index contributed by atoms with van der Waals surface area (Å²) in [6.45, 7) is 9.01. The molecular weight excluding hydrogens is 256 g/mol. The molecule has 1 aromatic carbocycles. The van der Waals surface area contributed by atoms with Gasteiger partial charge in [0, 0.05) is 5.56 Å². The summed E-state index contributed by atoms with van der Waals surface area (Å²) < 4.78 is 11.7. The lowest BCUT2D eigenvalue weighted by atomic mass is 10.2. The van der Waals surface area contributed by atoms with Crippen molar-refractivity contribution in [2.75, 3.05) is 13.2 Å². The number of ether oxygens (including phenoxy) is 2. The van der Waals surface area contributed by atoms with Gasteiger partial charge < -0.3 is 9.47 Å². The van der Waals surface area contributed by atoms with Crippen molar-refractivity contribution >= 4 is 21.7 Å². The summed E-state index contributed by atoms with van der Waals surface area (Å²) in [6, 6.07) is 5.81. The van der Waals surface area contributed by atoms with Crippen LogP contribution in [0.1, 0.15) is 19.4 Å². The van der Waals surface area contributed by atoms with Gasteiger partial charge in [0.15, 0.2) is 0 Å². The predicted octanol–water partition coefficient (Wildman–Crippen LogP) is 3.86. The first kappa shape index (κ1) is 12.1. The summed E-state index contributed by atoms with van der Waals surface area (Å²) in [6.07, 6.45) is 0. The van der Waals surface area contributed by atoms with Gasteiger partial charge in [-0.25, -0.2) is 0 Å². The molecule has 0 fully saturated rings. The van der Waals surface area contributed by atoms with Crippen molar-refractivity contribution in [1.82, 2.24) is 0 Å². The second kappa shape index (κ2) is 5.81. The van der Waals surface area contributed by atoms with Crippen LogP contribution in [0.2, 0.25) is 0 Å². The maximum Gasteiger partial charge on any atom is 0.134 e. The third kappa shape index (κ3) is 3.27.